The number of aromatic nitrogens is 1. The van der Waals surface area contributed by atoms with E-state index in [9.17, 15) is 4.79 Å². The van der Waals surface area contributed by atoms with Crippen molar-refractivity contribution in [3.63, 3.8) is 0 Å². The van der Waals surface area contributed by atoms with Crippen molar-refractivity contribution in [2.24, 2.45) is 0 Å². The number of hydrogen-bond donors (Lipinski definition) is 2. The second-order valence-corrected chi connectivity index (χ2v) is 8.81. The smallest absolute Gasteiger partial charge is 0.225 e. The highest BCUT2D eigenvalue weighted by Gasteiger charge is 2.22. The molecule has 1 amide bonds. The van der Waals surface area contributed by atoms with Crippen LogP contribution in [0.25, 0.3) is 10.9 Å². The Labute approximate surface area is 205 Å². The van der Waals surface area contributed by atoms with E-state index in [0.29, 0.717) is 13.0 Å². The SMILES string of the molecule is Cc1ccc(NC(=O)CC(c2cccc(OCc3ccccc3)c2)c2c[nH]c3ccccc23)cc1. The largest absolute Gasteiger partial charge is 0.489 e. The number of benzene rings is 4. The van der Waals surface area contributed by atoms with E-state index < -0.39 is 0 Å². The van der Waals surface area contributed by atoms with Gasteiger partial charge in [0.15, 0.2) is 0 Å². The number of aryl methyl sites for hydroxylation is 1. The van der Waals surface area contributed by atoms with Crippen molar-refractivity contribution in [1.29, 1.82) is 0 Å². The van der Waals surface area contributed by atoms with Gasteiger partial charge in [0.05, 0.1) is 0 Å². The Kier molecular flexibility index (Phi) is 6.62. The molecule has 0 aliphatic rings. The number of nitrogens with one attached hydrogen (secondary N) is 2. The highest BCUT2D eigenvalue weighted by molar-refractivity contribution is 5.92. The predicted molar refractivity (Wildman–Crippen MR) is 142 cm³/mol. The van der Waals surface area contributed by atoms with Crippen LogP contribution in [0.5, 0.6) is 5.75 Å². The minimum absolute atomic E-state index is 0.0280. The zero-order valence-electron chi connectivity index (χ0n) is 19.7. The number of rotatable bonds is 8. The van der Waals surface area contributed by atoms with E-state index in [4.69, 9.17) is 4.74 Å². The molecule has 0 radical (unpaired) electrons. The summed E-state index contributed by atoms with van der Waals surface area (Å²) in [5.74, 6) is 0.631. The van der Waals surface area contributed by atoms with Crippen LogP contribution in [-0.4, -0.2) is 10.9 Å². The summed E-state index contributed by atoms with van der Waals surface area (Å²) < 4.78 is 6.09. The lowest BCUT2D eigenvalue weighted by atomic mass is 9.88. The third-order valence-corrected chi connectivity index (χ3v) is 6.23. The number of amides is 1. The Morgan fingerprint density at radius 3 is 2.49 bits per heavy atom. The van der Waals surface area contributed by atoms with Crippen LogP contribution in [0.2, 0.25) is 0 Å². The van der Waals surface area contributed by atoms with Gasteiger partial charge in [0.25, 0.3) is 0 Å². The second kappa shape index (κ2) is 10.3. The number of aromatic amines is 1. The molecule has 4 aromatic carbocycles. The van der Waals surface area contributed by atoms with Gasteiger partial charge in [-0.1, -0.05) is 78.4 Å². The Morgan fingerprint density at radius 1 is 0.886 bits per heavy atom. The lowest BCUT2D eigenvalue weighted by Crippen LogP contribution is -2.16. The quantitative estimate of drug-likeness (QED) is 0.257. The van der Waals surface area contributed by atoms with Crippen molar-refractivity contribution >= 4 is 22.5 Å². The van der Waals surface area contributed by atoms with Gasteiger partial charge in [0, 0.05) is 35.1 Å². The van der Waals surface area contributed by atoms with E-state index in [1.807, 2.05) is 92.0 Å². The van der Waals surface area contributed by atoms with Crippen molar-refractivity contribution in [2.45, 2.75) is 25.9 Å². The molecule has 0 aliphatic heterocycles. The summed E-state index contributed by atoms with van der Waals surface area (Å²) in [5, 5.41) is 4.18. The average molecular weight is 461 g/mol. The third kappa shape index (κ3) is 5.44. The highest BCUT2D eigenvalue weighted by Crippen LogP contribution is 2.35. The van der Waals surface area contributed by atoms with E-state index in [2.05, 4.69) is 34.6 Å². The average Bonchev–Trinajstić information content (AvgIpc) is 3.32. The molecule has 5 aromatic rings. The van der Waals surface area contributed by atoms with Crippen LogP contribution in [0.3, 0.4) is 0 Å². The topological polar surface area (TPSA) is 54.1 Å². The number of fused-ring (bicyclic) bond motifs is 1. The van der Waals surface area contributed by atoms with Gasteiger partial charge in [0.2, 0.25) is 5.91 Å². The van der Waals surface area contributed by atoms with Gasteiger partial charge in [0.1, 0.15) is 12.4 Å². The summed E-state index contributed by atoms with van der Waals surface area (Å²) >= 11 is 0. The van der Waals surface area contributed by atoms with Gasteiger partial charge in [-0.05, 0) is 53.9 Å². The molecule has 0 spiro atoms. The number of anilines is 1. The van der Waals surface area contributed by atoms with Crippen LogP contribution in [-0.2, 0) is 11.4 Å². The first-order chi connectivity index (χ1) is 17.2. The lowest BCUT2D eigenvalue weighted by Gasteiger charge is -2.18. The summed E-state index contributed by atoms with van der Waals surface area (Å²) in [4.78, 5) is 16.5. The molecule has 1 unspecified atom stereocenters. The zero-order chi connectivity index (χ0) is 24.0. The standard InChI is InChI=1S/C31H28N2O2/c1-22-14-16-25(17-15-22)33-31(34)19-28(29-20-32-30-13-6-5-12-27(29)30)24-10-7-11-26(18-24)35-21-23-8-3-2-4-9-23/h2-18,20,28,32H,19,21H2,1H3,(H,33,34). The number of hydrogen-bond acceptors (Lipinski definition) is 2. The first kappa shape index (κ1) is 22.5. The summed E-state index contributed by atoms with van der Waals surface area (Å²) in [7, 11) is 0. The summed E-state index contributed by atoms with van der Waals surface area (Å²) in [6.45, 7) is 2.53. The molecule has 0 bridgehead atoms. The van der Waals surface area contributed by atoms with E-state index in [1.165, 1.54) is 0 Å². The minimum atomic E-state index is -0.128. The molecular weight excluding hydrogens is 432 g/mol. The molecule has 1 heterocycles. The maximum absolute atomic E-state index is 13.2. The fourth-order valence-corrected chi connectivity index (χ4v) is 4.39. The summed E-state index contributed by atoms with van der Waals surface area (Å²) in [6, 6.07) is 34.3. The number of H-pyrrole nitrogens is 1. The molecule has 0 saturated heterocycles. The first-order valence-electron chi connectivity index (χ1n) is 11.8. The number of ether oxygens (including phenoxy) is 1. The fourth-order valence-electron chi connectivity index (χ4n) is 4.39. The van der Waals surface area contributed by atoms with Crippen LogP contribution in [0.4, 0.5) is 5.69 Å². The molecule has 35 heavy (non-hydrogen) atoms. The van der Waals surface area contributed by atoms with Crippen LogP contribution >= 0.6 is 0 Å². The van der Waals surface area contributed by atoms with Crippen molar-refractivity contribution in [1.82, 2.24) is 4.98 Å². The maximum atomic E-state index is 13.2. The van der Waals surface area contributed by atoms with E-state index in [-0.39, 0.29) is 11.8 Å². The molecule has 4 nitrogen and oxygen atoms in total. The van der Waals surface area contributed by atoms with Crippen molar-refractivity contribution in [3.8, 4) is 5.75 Å². The highest BCUT2D eigenvalue weighted by atomic mass is 16.5. The molecule has 5 rings (SSSR count). The molecule has 174 valence electrons. The molecule has 2 N–H and O–H groups in total. The Morgan fingerprint density at radius 2 is 1.66 bits per heavy atom. The summed E-state index contributed by atoms with van der Waals surface area (Å²) in [5.41, 5.74) is 6.27. The molecule has 1 atom stereocenters. The molecular formula is C31H28N2O2. The fraction of sp³-hybridized carbons (Fsp3) is 0.129. The molecule has 4 heteroatoms. The van der Waals surface area contributed by atoms with Gasteiger partial charge in [-0.3, -0.25) is 4.79 Å². The van der Waals surface area contributed by atoms with Gasteiger partial charge in [-0.2, -0.15) is 0 Å². The van der Waals surface area contributed by atoms with Crippen molar-refractivity contribution < 1.29 is 9.53 Å². The lowest BCUT2D eigenvalue weighted by molar-refractivity contribution is -0.116. The van der Waals surface area contributed by atoms with Crippen LogP contribution < -0.4 is 10.1 Å². The molecule has 0 fully saturated rings. The van der Waals surface area contributed by atoms with Crippen LogP contribution in [0.15, 0.2) is 109 Å². The second-order valence-electron chi connectivity index (χ2n) is 8.81. The minimum Gasteiger partial charge on any atom is -0.489 e. The van der Waals surface area contributed by atoms with Gasteiger partial charge >= 0.3 is 0 Å². The van der Waals surface area contributed by atoms with E-state index in [0.717, 1.165) is 44.6 Å². The molecule has 0 saturated carbocycles. The summed E-state index contributed by atoms with van der Waals surface area (Å²) in [6.07, 6.45) is 2.34. The normalized spacial score (nSPS) is 11.8. The third-order valence-electron chi connectivity index (χ3n) is 6.23. The van der Waals surface area contributed by atoms with Gasteiger partial charge in [-0.25, -0.2) is 0 Å². The van der Waals surface area contributed by atoms with E-state index in [1.54, 1.807) is 0 Å². The van der Waals surface area contributed by atoms with Crippen LogP contribution in [0.1, 0.15) is 34.6 Å². The van der Waals surface area contributed by atoms with Crippen molar-refractivity contribution in [2.75, 3.05) is 5.32 Å². The number of para-hydroxylation sites is 1. The van der Waals surface area contributed by atoms with Gasteiger partial charge in [-0.15, -0.1) is 0 Å². The Balaban J connectivity index is 1.43. The first-order valence-corrected chi connectivity index (χ1v) is 11.8. The van der Waals surface area contributed by atoms with Gasteiger partial charge < -0.3 is 15.0 Å². The zero-order valence-corrected chi connectivity index (χ0v) is 19.7. The number of carbonyl (C=O) groups is 1. The predicted octanol–water partition coefficient (Wildman–Crippen LogP) is 7.22. The monoisotopic (exact) mass is 460 g/mol. The van der Waals surface area contributed by atoms with Crippen molar-refractivity contribution in [3.05, 3.63) is 132 Å². The van der Waals surface area contributed by atoms with Crippen LogP contribution in [0, 0.1) is 6.92 Å². The Hall–Kier alpha value is -4.31. The van der Waals surface area contributed by atoms with E-state index >= 15 is 0 Å². The Bertz CT molecular complexity index is 1420. The maximum Gasteiger partial charge on any atom is 0.225 e. The molecule has 0 aliphatic carbocycles. The number of carbonyl (C=O) groups excluding carboxylic acids is 1. The molecule has 1 aromatic heterocycles.